The zero-order valence-electron chi connectivity index (χ0n) is 17.3. The molecule has 0 spiro atoms. The third kappa shape index (κ3) is 9.89. The number of esters is 1. The van der Waals surface area contributed by atoms with E-state index >= 15 is 0 Å². The lowest BCUT2D eigenvalue weighted by Gasteiger charge is -2.19. The fourth-order valence-corrected chi connectivity index (χ4v) is 3.51. The standard InChI is InChI=1S/C21H33NO6S/c1-3-5-7-8-9-10-16-20(23)22-17(13-6-4-2)21(24)28-18-14-11-12-15-19(18)29(25,26)27/h11-12,14-15,17H,3-10,13,16H2,1-2H3,(H,22,23)(H,25,26,27)/p-1. The number of ether oxygens (including phenoxy) is 1. The largest absolute Gasteiger partial charge is 0.744 e. The van der Waals surface area contributed by atoms with Crippen molar-refractivity contribution in [3.8, 4) is 5.75 Å². The van der Waals surface area contributed by atoms with Gasteiger partial charge in [0.05, 0.1) is 4.90 Å². The molecule has 1 amide bonds. The lowest BCUT2D eigenvalue weighted by molar-refractivity contribution is -0.139. The summed E-state index contributed by atoms with van der Waals surface area (Å²) in [5, 5.41) is 2.69. The number of hydrogen-bond acceptors (Lipinski definition) is 6. The van der Waals surface area contributed by atoms with Crippen LogP contribution in [0.4, 0.5) is 0 Å². The molecule has 7 nitrogen and oxygen atoms in total. The molecule has 1 unspecified atom stereocenters. The van der Waals surface area contributed by atoms with Crippen LogP contribution in [-0.4, -0.2) is 30.9 Å². The summed E-state index contributed by atoms with van der Waals surface area (Å²) < 4.78 is 39.2. The summed E-state index contributed by atoms with van der Waals surface area (Å²) >= 11 is 0. The molecule has 1 aromatic carbocycles. The topological polar surface area (TPSA) is 113 Å². The van der Waals surface area contributed by atoms with Gasteiger partial charge >= 0.3 is 5.97 Å². The zero-order valence-corrected chi connectivity index (χ0v) is 18.1. The van der Waals surface area contributed by atoms with Crippen molar-refractivity contribution in [3.63, 3.8) is 0 Å². The first-order chi connectivity index (χ1) is 13.8. The lowest BCUT2D eigenvalue weighted by Crippen LogP contribution is -2.43. The van der Waals surface area contributed by atoms with Crippen LogP contribution in [-0.2, 0) is 19.7 Å². The summed E-state index contributed by atoms with van der Waals surface area (Å²) in [7, 11) is -4.78. The van der Waals surface area contributed by atoms with Crippen molar-refractivity contribution >= 4 is 22.0 Å². The number of carbonyl (C=O) groups is 2. The maximum absolute atomic E-state index is 12.5. The molecule has 29 heavy (non-hydrogen) atoms. The minimum atomic E-state index is -4.78. The van der Waals surface area contributed by atoms with Crippen molar-refractivity contribution in [1.82, 2.24) is 5.32 Å². The van der Waals surface area contributed by atoms with Crippen LogP contribution in [0.15, 0.2) is 29.2 Å². The molecule has 1 rings (SSSR count). The summed E-state index contributed by atoms with van der Waals surface area (Å²) in [6.45, 7) is 4.10. The van der Waals surface area contributed by atoms with E-state index in [1.54, 1.807) is 0 Å². The summed E-state index contributed by atoms with van der Waals surface area (Å²) in [6, 6.07) is 4.29. The Morgan fingerprint density at radius 2 is 1.62 bits per heavy atom. The van der Waals surface area contributed by atoms with Crippen LogP contribution in [0, 0.1) is 0 Å². The van der Waals surface area contributed by atoms with E-state index in [-0.39, 0.29) is 11.7 Å². The summed E-state index contributed by atoms with van der Waals surface area (Å²) in [4.78, 5) is 24.2. The second kappa shape index (κ2) is 13.3. The second-order valence-corrected chi connectivity index (χ2v) is 8.45. The predicted octanol–water partition coefficient (Wildman–Crippen LogP) is 3.92. The van der Waals surface area contributed by atoms with E-state index in [9.17, 15) is 22.6 Å². The SMILES string of the molecule is CCCCCCCCC(=O)NC(CCCC)C(=O)Oc1ccccc1S(=O)(=O)[O-]. The van der Waals surface area contributed by atoms with Gasteiger partial charge in [0.15, 0.2) is 0 Å². The Balaban J connectivity index is 2.68. The second-order valence-electron chi connectivity index (χ2n) is 7.10. The number of carbonyl (C=O) groups excluding carboxylic acids is 2. The number of unbranched alkanes of at least 4 members (excludes halogenated alkanes) is 6. The van der Waals surface area contributed by atoms with Gasteiger partial charge in [0.2, 0.25) is 5.91 Å². The van der Waals surface area contributed by atoms with Crippen LogP contribution in [0.1, 0.15) is 78.1 Å². The number of hydrogen-bond donors (Lipinski definition) is 1. The highest BCUT2D eigenvalue weighted by Crippen LogP contribution is 2.23. The van der Waals surface area contributed by atoms with E-state index < -0.39 is 27.0 Å². The van der Waals surface area contributed by atoms with Gasteiger partial charge in [0, 0.05) is 6.42 Å². The molecule has 1 atom stereocenters. The quantitative estimate of drug-likeness (QED) is 0.209. The van der Waals surface area contributed by atoms with E-state index in [4.69, 9.17) is 4.74 Å². The Morgan fingerprint density at radius 1 is 1.00 bits per heavy atom. The molecule has 0 aromatic heterocycles. The molecule has 1 N–H and O–H groups in total. The van der Waals surface area contributed by atoms with Gasteiger partial charge in [-0.3, -0.25) is 4.79 Å². The highest BCUT2D eigenvalue weighted by Gasteiger charge is 2.24. The first-order valence-electron chi connectivity index (χ1n) is 10.4. The first kappa shape index (κ1) is 25.1. The maximum atomic E-state index is 12.5. The zero-order chi connectivity index (χ0) is 21.7. The molecule has 0 heterocycles. The minimum Gasteiger partial charge on any atom is -0.744 e. The van der Waals surface area contributed by atoms with Crippen molar-refractivity contribution < 1.29 is 27.3 Å². The Morgan fingerprint density at radius 3 is 2.28 bits per heavy atom. The lowest BCUT2D eigenvalue weighted by atomic mass is 10.1. The van der Waals surface area contributed by atoms with Gasteiger partial charge in [-0.1, -0.05) is 70.9 Å². The van der Waals surface area contributed by atoms with E-state index in [0.29, 0.717) is 19.3 Å². The molecular formula is C21H32NO6S-. The van der Waals surface area contributed by atoms with Gasteiger partial charge in [0.25, 0.3) is 0 Å². The summed E-state index contributed by atoms with van der Waals surface area (Å²) in [5.41, 5.74) is 0. The molecule has 1 aromatic rings. The molecule has 0 aliphatic rings. The Kier molecular flexibility index (Phi) is 11.5. The molecule has 0 fully saturated rings. The predicted molar refractivity (Wildman–Crippen MR) is 109 cm³/mol. The fourth-order valence-electron chi connectivity index (χ4n) is 2.91. The number of rotatable bonds is 14. The molecule has 0 bridgehead atoms. The van der Waals surface area contributed by atoms with Gasteiger partial charge in [-0.2, -0.15) is 0 Å². The maximum Gasteiger partial charge on any atom is 0.334 e. The van der Waals surface area contributed by atoms with E-state index in [1.165, 1.54) is 31.0 Å². The van der Waals surface area contributed by atoms with Crippen molar-refractivity contribution in [2.75, 3.05) is 0 Å². The van der Waals surface area contributed by atoms with Crippen molar-refractivity contribution in [1.29, 1.82) is 0 Å². The smallest absolute Gasteiger partial charge is 0.334 e. The summed E-state index contributed by atoms with van der Waals surface area (Å²) in [5.74, 6) is -1.33. The molecule has 0 saturated heterocycles. The monoisotopic (exact) mass is 426 g/mol. The molecule has 0 radical (unpaired) electrons. The van der Waals surface area contributed by atoms with Crippen LogP contribution in [0.3, 0.4) is 0 Å². The Bertz CT molecular complexity index is 747. The van der Waals surface area contributed by atoms with Crippen LogP contribution >= 0.6 is 0 Å². The molecular weight excluding hydrogens is 394 g/mol. The molecule has 8 heteroatoms. The molecule has 0 aliphatic heterocycles. The van der Waals surface area contributed by atoms with Crippen molar-refractivity contribution in [2.45, 2.75) is 89.0 Å². The molecule has 0 saturated carbocycles. The average molecular weight is 427 g/mol. The third-order valence-electron chi connectivity index (χ3n) is 4.55. The first-order valence-corrected chi connectivity index (χ1v) is 11.8. The molecule has 164 valence electrons. The van der Waals surface area contributed by atoms with Gasteiger partial charge in [0.1, 0.15) is 21.9 Å². The van der Waals surface area contributed by atoms with Crippen LogP contribution in [0.2, 0.25) is 0 Å². The minimum absolute atomic E-state index is 0.233. The average Bonchev–Trinajstić information content (AvgIpc) is 2.67. The van der Waals surface area contributed by atoms with Gasteiger partial charge in [-0.05, 0) is 25.0 Å². The Labute approximate surface area is 174 Å². The highest BCUT2D eigenvalue weighted by molar-refractivity contribution is 7.85. The third-order valence-corrected chi connectivity index (χ3v) is 5.43. The Hall–Kier alpha value is -1.93. The van der Waals surface area contributed by atoms with Gasteiger partial charge in [-0.15, -0.1) is 0 Å². The van der Waals surface area contributed by atoms with E-state index in [2.05, 4.69) is 12.2 Å². The van der Waals surface area contributed by atoms with Crippen molar-refractivity contribution in [3.05, 3.63) is 24.3 Å². The number of benzene rings is 1. The van der Waals surface area contributed by atoms with E-state index in [0.717, 1.165) is 38.2 Å². The van der Waals surface area contributed by atoms with Crippen LogP contribution in [0.5, 0.6) is 5.75 Å². The normalized spacial score (nSPS) is 12.4. The van der Waals surface area contributed by atoms with E-state index in [1.807, 2.05) is 6.92 Å². The van der Waals surface area contributed by atoms with Gasteiger partial charge in [-0.25, -0.2) is 13.2 Å². The fraction of sp³-hybridized carbons (Fsp3) is 0.619. The van der Waals surface area contributed by atoms with Gasteiger partial charge < -0.3 is 14.6 Å². The number of amides is 1. The highest BCUT2D eigenvalue weighted by atomic mass is 32.2. The van der Waals surface area contributed by atoms with Crippen molar-refractivity contribution in [2.24, 2.45) is 0 Å². The summed E-state index contributed by atoms with van der Waals surface area (Å²) in [6.07, 6.45) is 8.54. The number of para-hydroxylation sites is 1. The number of nitrogens with one attached hydrogen (secondary N) is 1. The van der Waals surface area contributed by atoms with Crippen LogP contribution < -0.4 is 10.1 Å². The molecule has 0 aliphatic carbocycles. The van der Waals surface area contributed by atoms with Crippen LogP contribution in [0.25, 0.3) is 0 Å².